The number of esters is 1. The molecule has 0 unspecified atom stereocenters. The van der Waals surface area contributed by atoms with E-state index in [-0.39, 0.29) is 30.9 Å². The number of rotatable bonds is 6. The number of carbonyl (C=O) groups excluding carboxylic acids is 2. The van der Waals surface area contributed by atoms with Gasteiger partial charge in [0.2, 0.25) is 5.91 Å². The fraction of sp³-hybridized carbons (Fsp3) is 0.375. The fourth-order valence-electron chi connectivity index (χ4n) is 1.70. The van der Waals surface area contributed by atoms with Crippen LogP contribution in [0.4, 0.5) is 4.39 Å². The van der Waals surface area contributed by atoms with Crippen LogP contribution in [0.25, 0.3) is 6.08 Å². The summed E-state index contributed by atoms with van der Waals surface area (Å²) in [6.45, 7) is 5.56. The summed E-state index contributed by atoms with van der Waals surface area (Å²) in [6.07, 6.45) is 2.95. The highest BCUT2D eigenvalue weighted by atomic mass is 19.1. The molecule has 0 radical (unpaired) electrons. The smallest absolute Gasteiger partial charge is 0.325 e. The molecule has 4 nitrogen and oxygen atoms in total. The zero-order chi connectivity index (χ0) is 15.8. The van der Waals surface area contributed by atoms with Gasteiger partial charge in [-0.05, 0) is 44.5 Å². The van der Waals surface area contributed by atoms with Gasteiger partial charge in [0.1, 0.15) is 12.4 Å². The highest BCUT2D eigenvalue weighted by molar-refractivity contribution is 5.93. The molecule has 0 spiro atoms. The van der Waals surface area contributed by atoms with Crippen molar-refractivity contribution in [2.45, 2.75) is 26.8 Å². The van der Waals surface area contributed by atoms with Gasteiger partial charge in [0.25, 0.3) is 0 Å². The van der Waals surface area contributed by atoms with E-state index in [1.54, 1.807) is 25.1 Å². The Labute approximate surface area is 124 Å². The Bertz CT molecular complexity index is 509. The summed E-state index contributed by atoms with van der Waals surface area (Å²) in [4.78, 5) is 25.0. The molecule has 0 aliphatic carbocycles. The summed E-state index contributed by atoms with van der Waals surface area (Å²) in [5.41, 5.74) is 0.713. The van der Waals surface area contributed by atoms with Gasteiger partial charge in [-0.15, -0.1) is 0 Å². The lowest BCUT2D eigenvalue weighted by Gasteiger charge is -2.24. The third kappa shape index (κ3) is 5.77. The first-order chi connectivity index (χ1) is 9.93. The maximum atomic E-state index is 12.8. The molecule has 0 fully saturated rings. The van der Waals surface area contributed by atoms with Crippen molar-refractivity contribution in [3.63, 3.8) is 0 Å². The SMILES string of the molecule is CCOC(=O)CN(C(=O)/C=C/c1ccc(F)cc1)C(C)C. The summed E-state index contributed by atoms with van der Waals surface area (Å²) in [6, 6.07) is 5.67. The van der Waals surface area contributed by atoms with Gasteiger partial charge in [-0.25, -0.2) is 4.39 Å². The van der Waals surface area contributed by atoms with Crippen molar-refractivity contribution in [1.82, 2.24) is 4.90 Å². The molecule has 0 bridgehead atoms. The molecule has 1 aromatic rings. The third-order valence-electron chi connectivity index (χ3n) is 2.80. The van der Waals surface area contributed by atoms with Crippen LogP contribution in [0.5, 0.6) is 0 Å². The molecule has 1 rings (SSSR count). The van der Waals surface area contributed by atoms with E-state index in [0.29, 0.717) is 5.56 Å². The minimum atomic E-state index is -0.435. The molecule has 0 saturated heterocycles. The van der Waals surface area contributed by atoms with Gasteiger partial charge < -0.3 is 9.64 Å². The molecular formula is C16H20FNO3. The second-order valence-electron chi connectivity index (χ2n) is 4.75. The van der Waals surface area contributed by atoms with Crippen LogP contribution < -0.4 is 0 Å². The summed E-state index contributed by atoms with van der Waals surface area (Å²) in [5, 5.41) is 0. The van der Waals surface area contributed by atoms with Crippen LogP contribution in [0.15, 0.2) is 30.3 Å². The van der Waals surface area contributed by atoms with Crippen LogP contribution >= 0.6 is 0 Å². The Balaban J connectivity index is 2.72. The van der Waals surface area contributed by atoms with Crippen molar-refractivity contribution in [1.29, 1.82) is 0 Å². The van der Waals surface area contributed by atoms with E-state index in [1.165, 1.54) is 23.1 Å². The Hall–Kier alpha value is -2.17. The number of ether oxygens (including phenoxy) is 1. The van der Waals surface area contributed by atoms with E-state index in [0.717, 1.165) is 0 Å². The second-order valence-corrected chi connectivity index (χ2v) is 4.75. The van der Waals surface area contributed by atoms with Crippen molar-refractivity contribution in [2.75, 3.05) is 13.2 Å². The van der Waals surface area contributed by atoms with Crippen molar-refractivity contribution in [3.05, 3.63) is 41.7 Å². The van der Waals surface area contributed by atoms with Gasteiger partial charge >= 0.3 is 5.97 Å². The summed E-state index contributed by atoms with van der Waals surface area (Å²) in [5.74, 6) is -1.05. The van der Waals surface area contributed by atoms with Crippen LogP contribution in [-0.4, -0.2) is 36.0 Å². The lowest BCUT2D eigenvalue weighted by molar-refractivity contribution is -0.148. The van der Waals surface area contributed by atoms with Crippen LogP contribution in [0.3, 0.4) is 0 Å². The summed E-state index contributed by atoms with van der Waals surface area (Å²) < 4.78 is 17.6. The monoisotopic (exact) mass is 293 g/mol. The predicted octanol–water partition coefficient (Wildman–Crippen LogP) is 2.64. The molecule has 21 heavy (non-hydrogen) atoms. The lowest BCUT2D eigenvalue weighted by Crippen LogP contribution is -2.40. The van der Waals surface area contributed by atoms with Crippen LogP contribution in [0.2, 0.25) is 0 Å². The van der Waals surface area contributed by atoms with Crippen LogP contribution in [0.1, 0.15) is 26.3 Å². The highest BCUT2D eigenvalue weighted by Crippen LogP contribution is 2.07. The third-order valence-corrected chi connectivity index (χ3v) is 2.80. The predicted molar refractivity (Wildman–Crippen MR) is 78.9 cm³/mol. The highest BCUT2D eigenvalue weighted by Gasteiger charge is 2.18. The van der Waals surface area contributed by atoms with E-state index >= 15 is 0 Å². The fourth-order valence-corrected chi connectivity index (χ4v) is 1.70. The molecule has 114 valence electrons. The van der Waals surface area contributed by atoms with E-state index in [2.05, 4.69) is 0 Å². The maximum Gasteiger partial charge on any atom is 0.325 e. The molecule has 0 aliphatic rings. The normalized spacial score (nSPS) is 10.9. The van der Waals surface area contributed by atoms with E-state index in [1.807, 2.05) is 13.8 Å². The van der Waals surface area contributed by atoms with Crippen LogP contribution in [-0.2, 0) is 14.3 Å². The second kappa shape index (κ2) is 8.19. The number of hydrogen-bond acceptors (Lipinski definition) is 3. The molecule has 0 aliphatic heterocycles. The number of benzene rings is 1. The van der Waals surface area contributed by atoms with E-state index < -0.39 is 5.97 Å². The Morgan fingerprint density at radius 2 is 1.90 bits per heavy atom. The average Bonchev–Trinajstić information content (AvgIpc) is 2.44. The van der Waals surface area contributed by atoms with Gasteiger partial charge in [-0.1, -0.05) is 12.1 Å². The Morgan fingerprint density at radius 1 is 1.29 bits per heavy atom. The number of carbonyl (C=O) groups is 2. The van der Waals surface area contributed by atoms with Gasteiger partial charge in [-0.2, -0.15) is 0 Å². The molecule has 0 saturated carbocycles. The minimum Gasteiger partial charge on any atom is -0.465 e. The topological polar surface area (TPSA) is 46.6 Å². The van der Waals surface area contributed by atoms with Crippen molar-refractivity contribution in [2.24, 2.45) is 0 Å². The first kappa shape index (κ1) is 16.9. The maximum absolute atomic E-state index is 12.8. The molecular weight excluding hydrogens is 273 g/mol. The quantitative estimate of drug-likeness (QED) is 0.598. The van der Waals surface area contributed by atoms with Gasteiger partial charge in [-0.3, -0.25) is 9.59 Å². The first-order valence-electron chi connectivity index (χ1n) is 6.84. The largest absolute Gasteiger partial charge is 0.465 e. The van der Waals surface area contributed by atoms with Crippen molar-refractivity contribution >= 4 is 18.0 Å². The Kier molecular flexibility index (Phi) is 6.59. The van der Waals surface area contributed by atoms with Gasteiger partial charge in [0.15, 0.2) is 0 Å². The van der Waals surface area contributed by atoms with Crippen LogP contribution in [0, 0.1) is 5.82 Å². The summed E-state index contributed by atoms with van der Waals surface area (Å²) in [7, 11) is 0. The molecule has 0 heterocycles. The molecule has 0 aromatic heterocycles. The first-order valence-corrected chi connectivity index (χ1v) is 6.84. The zero-order valence-corrected chi connectivity index (χ0v) is 12.5. The van der Waals surface area contributed by atoms with Crippen molar-refractivity contribution < 1.29 is 18.7 Å². The molecule has 1 aromatic carbocycles. The summed E-state index contributed by atoms with van der Waals surface area (Å²) >= 11 is 0. The number of nitrogens with zero attached hydrogens (tertiary/aromatic N) is 1. The zero-order valence-electron chi connectivity index (χ0n) is 12.5. The molecule has 0 N–H and O–H groups in total. The van der Waals surface area contributed by atoms with Crippen molar-refractivity contribution in [3.8, 4) is 0 Å². The van der Waals surface area contributed by atoms with E-state index in [4.69, 9.17) is 4.74 Å². The standard InChI is InChI=1S/C16H20FNO3/c1-4-21-16(20)11-18(12(2)3)15(19)10-7-13-5-8-14(17)9-6-13/h5-10,12H,4,11H2,1-3H3/b10-7+. The number of amides is 1. The average molecular weight is 293 g/mol. The number of hydrogen-bond donors (Lipinski definition) is 0. The van der Waals surface area contributed by atoms with Gasteiger partial charge in [0, 0.05) is 12.1 Å². The number of halogens is 1. The van der Waals surface area contributed by atoms with E-state index in [9.17, 15) is 14.0 Å². The Morgan fingerprint density at radius 3 is 2.43 bits per heavy atom. The molecule has 0 atom stereocenters. The minimum absolute atomic E-state index is 0.0852. The molecule has 5 heteroatoms. The molecule has 1 amide bonds. The van der Waals surface area contributed by atoms with Gasteiger partial charge in [0.05, 0.1) is 6.61 Å². The lowest BCUT2D eigenvalue weighted by atomic mass is 10.2.